The maximum atomic E-state index is 14.1. The normalized spacial score (nSPS) is 10.8. The third-order valence-electron chi connectivity index (χ3n) is 3.30. The predicted octanol–water partition coefficient (Wildman–Crippen LogP) is 5.13. The molecule has 0 unspecified atom stereocenters. The second-order valence-electron chi connectivity index (χ2n) is 4.70. The summed E-state index contributed by atoms with van der Waals surface area (Å²) >= 11 is 6.20. The molecule has 2 nitrogen and oxygen atoms in total. The zero-order valence-electron chi connectivity index (χ0n) is 11.5. The lowest BCUT2D eigenvalue weighted by molar-refractivity contribution is 0.640. The van der Waals surface area contributed by atoms with Crippen molar-refractivity contribution in [2.45, 2.75) is 6.92 Å². The Bertz CT molecular complexity index is 788. The maximum Gasteiger partial charge on any atom is 0.134 e. The number of hydrogen-bond donors (Lipinski definition) is 1. The van der Waals surface area contributed by atoms with E-state index in [1.165, 1.54) is 12.1 Å². The van der Waals surface area contributed by atoms with Gasteiger partial charge in [-0.1, -0.05) is 41.9 Å². The number of rotatable bonds is 3. The Balaban J connectivity index is 2.32. The van der Waals surface area contributed by atoms with Gasteiger partial charge in [-0.05, 0) is 25.1 Å². The quantitative estimate of drug-likeness (QED) is 0.725. The van der Waals surface area contributed by atoms with Gasteiger partial charge < -0.3 is 5.32 Å². The van der Waals surface area contributed by atoms with Crippen LogP contribution in [0.3, 0.4) is 0 Å². The van der Waals surface area contributed by atoms with Crippen molar-refractivity contribution in [1.82, 2.24) is 4.98 Å². The molecule has 1 N–H and O–H groups in total. The van der Waals surface area contributed by atoms with Gasteiger partial charge in [0.1, 0.15) is 5.82 Å². The zero-order valence-corrected chi connectivity index (χ0v) is 12.3. The van der Waals surface area contributed by atoms with Crippen molar-refractivity contribution in [3.8, 4) is 11.3 Å². The van der Waals surface area contributed by atoms with E-state index in [1.54, 1.807) is 0 Å². The minimum absolute atomic E-state index is 0.322. The highest BCUT2D eigenvalue weighted by Crippen LogP contribution is 2.33. The third-order valence-corrected chi connectivity index (χ3v) is 3.60. The predicted molar refractivity (Wildman–Crippen MR) is 86.3 cm³/mol. The minimum Gasteiger partial charge on any atom is -0.385 e. The lowest BCUT2D eigenvalue weighted by Gasteiger charge is -2.12. The highest BCUT2D eigenvalue weighted by atomic mass is 35.5. The van der Waals surface area contributed by atoms with E-state index >= 15 is 0 Å². The summed E-state index contributed by atoms with van der Waals surface area (Å²) in [4.78, 5) is 4.54. The van der Waals surface area contributed by atoms with Gasteiger partial charge in [0.05, 0.1) is 21.6 Å². The average molecular weight is 301 g/mol. The molecule has 1 heterocycles. The lowest BCUT2D eigenvalue weighted by Crippen LogP contribution is -2.01. The van der Waals surface area contributed by atoms with Crippen LogP contribution in [0.25, 0.3) is 22.2 Å². The number of anilines is 1. The molecule has 106 valence electrons. The fraction of sp³-hybridized carbons (Fsp3) is 0.118. The molecule has 0 aliphatic carbocycles. The van der Waals surface area contributed by atoms with E-state index in [0.29, 0.717) is 28.2 Å². The van der Waals surface area contributed by atoms with Crippen LogP contribution >= 0.6 is 11.6 Å². The largest absolute Gasteiger partial charge is 0.385 e. The summed E-state index contributed by atoms with van der Waals surface area (Å²) < 4.78 is 14.1. The van der Waals surface area contributed by atoms with E-state index in [-0.39, 0.29) is 5.82 Å². The molecule has 3 rings (SSSR count). The van der Waals surface area contributed by atoms with Crippen molar-refractivity contribution in [2.24, 2.45) is 0 Å². The van der Waals surface area contributed by atoms with Gasteiger partial charge in [-0.2, -0.15) is 0 Å². The van der Waals surface area contributed by atoms with Crippen LogP contribution in [0.4, 0.5) is 10.1 Å². The van der Waals surface area contributed by atoms with Gasteiger partial charge in [0, 0.05) is 17.8 Å². The summed E-state index contributed by atoms with van der Waals surface area (Å²) in [6, 6.07) is 14.5. The number of benzene rings is 2. The van der Waals surface area contributed by atoms with Gasteiger partial charge in [-0.3, -0.25) is 0 Å². The molecule has 2 aromatic carbocycles. The SMILES string of the molecule is CCNc1cc(-c2ccccc2)nc2c(Cl)ccc(F)c12. The Kier molecular flexibility index (Phi) is 3.76. The van der Waals surface area contributed by atoms with Crippen molar-refractivity contribution < 1.29 is 4.39 Å². The first-order valence-corrected chi connectivity index (χ1v) is 7.16. The third kappa shape index (κ3) is 2.57. The van der Waals surface area contributed by atoms with Crippen molar-refractivity contribution in [1.29, 1.82) is 0 Å². The number of fused-ring (bicyclic) bond motifs is 1. The molecule has 0 fully saturated rings. The molecule has 3 aromatic rings. The van der Waals surface area contributed by atoms with Gasteiger partial charge in [0.15, 0.2) is 0 Å². The van der Waals surface area contributed by atoms with E-state index in [0.717, 1.165) is 11.3 Å². The standard InChI is InChI=1S/C17H14ClFN2/c1-2-20-15-10-14(11-6-4-3-5-7-11)21-17-12(18)8-9-13(19)16(15)17/h3-10H,2H2,1H3,(H,20,21). The number of aromatic nitrogens is 1. The van der Waals surface area contributed by atoms with E-state index in [2.05, 4.69) is 10.3 Å². The van der Waals surface area contributed by atoms with Crippen LogP contribution in [0.5, 0.6) is 0 Å². The number of halogens is 2. The van der Waals surface area contributed by atoms with E-state index in [9.17, 15) is 4.39 Å². The Hall–Kier alpha value is -2.13. The average Bonchev–Trinajstić information content (AvgIpc) is 2.52. The fourth-order valence-electron chi connectivity index (χ4n) is 2.35. The number of pyridine rings is 1. The van der Waals surface area contributed by atoms with Crippen LogP contribution < -0.4 is 5.32 Å². The number of nitrogens with one attached hydrogen (secondary N) is 1. The Morgan fingerprint density at radius 3 is 2.62 bits per heavy atom. The Morgan fingerprint density at radius 1 is 1.14 bits per heavy atom. The van der Waals surface area contributed by atoms with Crippen molar-refractivity contribution in [2.75, 3.05) is 11.9 Å². The molecule has 0 atom stereocenters. The van der Waals surface area contributed by atoms with Gasteiger partial charge in [0.2, 0.25) is 0 Å². The summed E-state index contributed by atoms with van der Waals surface area (Å²) in [5, 5.41) is 4.07. The molecular weight excluding hydrogens is 287 g/mol. The highest BCUT2D eigenvalue weighted by Gasteiger charge is 2.13. The summed E-state index contributed by atoms with van der Waals surface area (Å²) in [6.07, 6.45) is 0. The Morgan fingerprint density at radius 2 is 1.90 bits per heavy atom. The fourth-order valence-corrected chi connectivity index (χ4v) is 2.55. The van der Waals surface area contributed by atoms with Crippen molar-refractivity contribution in [3.63, 3.8) is 0 Å². The van der Waals surface area contributed by atoms with E-state index in [4.69, 9.17) is 11.6 Å². The van der Waals surface area contributed by atoms with Crippen molar-refractivity contribution in [3.05, 3.63) is 59.4 Å². The van der Waals surface area contributed by atoms with Crippen LogP contribution in [-0.4, -0.2) is 11.5 Å². The van der Waals surface area contributed by atoms with Crippen molar-refractivity contribution >= 4 is 28.2 Å². The lowest BCUT2D eigenvalue weighted by atomic mass is 10.1. The number of hydrogen-bond acceptors (Lipinski definition) is 2. The van der Waals surface area contributed by atoms with Gasteiger partial charge >= 0.3 is 0 Å². The molecule has 21 heavy (non-hydrogen) atoms. The molecule has 0 bridgehead atoms. The summed E-state index contributed by atoms with van der Waals surface area (Å²) in [7, 11) is 0. The Labute approximate surface area is 127 Å². The molecule has 0 spiro atoms. The molecule has 0 saturated carbocycles. The molecule has 0 saturated heterocycles. The maximum absolute atomic E-state index is 14.1. The van der Waals surface area contributed by atoms with Crippen LogP contribution in [-0.2, 0) is 0 Å². The first kappa shape index (κ1) is 13.8. The van der Waals surface area contributed by atoms with Gasteiger partial charge in [0.25, 0.3) is 0 Å². The molecule has 1 aromatic heterocycles. The second-order valence-corrected chi connectivity index (χ2v) is 5.11. The summed E-state index contributed by atoms with van der Waals surface area (Å²) in [5.41, 5.74) is 2.93. The zero-order chi connectivity index (χ0) is 14.8. The molecule has 0 aliphatic heterocycles. The highest BCUT2D eigenvalue weighted by molar-refractivity contribution is 6.35. The summed E-state index contributed by atoms with van der Waals surface area (Å²) in [6.45, 7) is 2.66. The summed E-state index contributed by atoms with van der Waals surface area (Å²) in [5.74, 6) is -0.322. The van der Waals surface area contributed by atoms with Crippen LogP contribution in [0.1, 0.15) is 6.92 Å². The second kappa shape index (κ2) is 5.70. The molecule has 0 amide bonds. The number of nitrogens with zero attached hydrogens (tertiary/aromatic N) is 1. The topological polar surface area (TPSA) is 24.9 Å². The molecule has 0 aliphatic rings. The van der Waals surface area contributed by atoms with Crippen LogP contribution in [0.15, 0.2) is 48.5 Å². The molecular formula is C17H14ClFN2. The van der Waals surface area contributed by atoms with Crippen LogP contribution in [0.2, 0.25) is 5.02 Å². The smallest absolute Gasteiger partial charge is 0.134 e. The van der Waals surface area contributed by atoms with Crippen LogP contribution in [0, 0.1) is 5.82 Å². The minimum atomic E-state index is -0.322. The first-order valence-electron chi connectivity index (χ1n) is 6.78. The van der Waals surface area contributed by atoms with Gasteiger partial charge in [-0.25, -0.2) is 9.37 Å². The van der Waals surface area contributed by atoms with E-state index in [1.807, 2.05) is 43.3 Å². The van der Waals surface area contributed by atoms with Gasteiger partial charge in [-0.15, -0.1) is 0 Å². The molecule has 0 radical (unpaired) electrons. The first-order chi connectivity index (χ1) is 10.2. The van der Waals surface area contributed by atoms with E-state index < -0.39 is 0 Å². The monoisotopic (exact) mass is 300 g/mol. The molecule has 4 heteroatoms.